The van der Waals surface area contributed by atoms with Crippen LogP contribution in [0.3, 0.4) is 0 Å². The van der Waals surface area contributed by atoms with Gasteiger partial charge in [0.15, 0.2) is 23.0 Å². The average Bonchev–Trinajstić information content (AvgIpc) is 2.73. The third-order valence-electron chi connectivity index (χ3n) is 4.86. The maximum Gasteiger partial charge on any atom is 0.249 e. The van der Waals surface area contributed by atoms with Gasteiger partial charge in [-0.2, -0.15) is 0 Å². The number of carbonyl (C=O) groups is 1. The van der Waals surface area contributed by atoms with Crippen LogP contribution in [0.2, 0.25) is 0 Å². The molecule has 3 rings (SSSR count). The monoisotopic (exact) mass is 433 g/mol. The second kappa shape index (κ2) is 8.25. The summed E-state index contributed by atoms with van der Waals surface area (Å²) in [4.78, 5) is 12.2. The predicted octanol–water partition coefficient (Wildman–Crippen LogP) is 1.98. The van der Waals surface area contributed by atoms with Crippen molar-refractivity contribution in [1.82, 2.24) is 5.06 Å². The minimum absolute atomic E-state index is 0.0115. The molecule has 1 aliphatic heterocycles. The molecule has 0 aliphatic carbocycles. The van der Waals surface area contributed by atoms with Crippen LogP contribution in [0.4, 0.5) is 0 Å². The first kappa shape index (κ1) is 22.1. The summed E-state index contributed by atoms with van der Waals surface area (Å²) < 4.78 is 21.9. The van der Waals surface area contributed by atoms with Crippen molar-refractivity contribution >= 4 is 11.7 Å². The van der Waals surface area contributed by atoms with Crippen LogP contribution in [-0.4, -0.2) is 59.9 Å². The maximum absolute atomic E-state index is 12.2. The minimum atomic E-state index is -1.97. The van der Waals surface area contributed by atoms with Crippen molar-refractivity contribution in [2.45, 2.75) is 12.0 Å². The van der Waals surface area contributed by atoms with Crippen molar-refractivity contribution in [3.05, 3.63) is 41.5 Å². The zero-order valence-corrected chi connectivity index (χ0v) is 17.4. The molecule has 1 unspecified atom stereocenters. The highest BCUT2D eigenvalue weighted by Crippen LogP contribution is 2.48. The third kappa shape index (κ3) is 4.03. The zero-order chi connectivity index (χ0) is 22.9. The van der Waals surface area contributed by atoms with Crippen molar-refractivity contribution in [3.63, 3.8) is 0 Å². The predicted molar refractivity (Wildman–Crippen MR) is 108 cm³/mol. The number of hydrogen-bond donors (Lipinski definition) is 4. The molecule has 0 spiro atoms. The molecule has 0 saturated carbocycles. The van der Waals surface area contributed by atoms with E-state index in [1.54, 1.807) is 12.1 Å². The molecular weight excluding hydrogens is 410 g/mol. The number of methoxy groups -OCH3 is 3. The van der Waals surface area contributed by atoms with Crippen LogP contribution >= 0.6 is 0 Å². The van der Waals surface area contributed by atoms with Gasteiger partial charge in [0, 0.05) is 24.2 Å². The van der Waals surface area contributed by atoms with Crippen LogP contribution in [-0.2, 0) is 10.4 Å². The van der Waals surface area contributed by atoms with Gasteiger partial charge >= 0.3 is 0 Å². The maximum atomic E-state index is 12.2. The molecule has 10 nitrogen and oxygen atoms in total. The Morgan fingerprint density at radius 1 is 1.03 bits per heavy atom. The summed E-state index contributed by atoms with van der Waals surface area (Å²) in [6.07, 6.45) is 0.711. The number of fused-ring (bicyclic) bond motifs is 1. The summed E-state index contributed by atoms with van der Waals surface area (Å²) in [5.41, 5.74) is -1.52. The highest BCUT2D eigenvalue weighted by atomic mass is 16.5. The lowest BCUT2D eigenvalue weighted by Crippen LogP contribution is -2.35. The van der Waals surface area contributed by atoms with E-state index < -0.39 is 29.4 Å². The summed E-state index contributed by atoms with van der Waals surface area (Å²) in [7, 11) is 5.47. The summed E-state index contributed by atoms with van der Waals surface area (Å²) in [6, 6.07) is 5.38. The van der Waals surface area contributed by atoms with Crippen molar-refractivity contribution in [2.75, 3.05) is 28.4 Å². The zero-order valence-electron chi connectivity index (χ0n) is 17.4. The van der Waals surface area contributed by atoms with Crippen LogP contribution in [0.5, 0.6) is 34.5 Å². The highest BCUT2D eigenvalue weighted by Gasteiger charge is 2.39. The van der Waals surface area contributed by atoms with Crippen LogP contribution in [0.15, 0.2) is 30.3 Å². The molecule has 10 heteroatoms. The number of hydrogen-bond acceptors (Lipinski definition) is 9. The van der Waals surface area contributed by atoms with E-state index in [-0.39, 0.29) is 17.1 Å². The van der Waals surface area contributed by atoms with Crippen molar-refractivity contribution in [1.29, 1.82) is 0 Å². The van der Waals surface area contributed by atoms with Gasteiger partial charge in [-0.25, -0.2) is 5.06 Å². The SMILES string of the molecule is COc1cc(C2=CC(O)(CC(=O)N(C)O)c3cc(O)c(O)cc3O2)cc(OC)c1OC. The first-order valence-corrected chi connectivity index (χ1v) is 9.08. The van der Waals surface area contributed by atoms with Gasteiger partial charge < -0.3 is 34.3 Å². The molecule has 2 aromatic carbocycles. The molecule has 0 fully saturated rings. The number of benzene rings is 2. The van der Waals surface area contributed by atoms with Gasteiger partial charge in [0.1, 0.15) is 17.1 Å². The van der Waals surface area contributed by atoms with Gasteiger partial charge in [0.25, 0.3) is 0 Å². The topological polar surface area (TPSA) is 138 Å². The third-order valence-corrected chi connectivity index (χ3v) is 4.86. The fourth-order valence-electron chi connectivity index (χ4n) is 3.28. The Kier molecular flexibility index (Phi) is 5.87. The van der Waals surface area contributed by atoms with Gasteiger partial charge in [0.05, 0.1) is 27.8 Å². The van der Waals surface area contributed by atoms with Crippen LogP contribution in [0.25, 0.3) is 5.76 Å². The number of aliphatic hydroxyl groups is 1. The van der Waals surface area contributed by atoms with E-state index in [4.69, 9.17) is 18.9 Å². The quantitative estimate of drug-likeness (QED) is 0.306. The van der Waals surface area contributed by atoms with Crippen molar-refractivity contribution in [2.24, 2.45) is 0 Å². The number of amides is 1. The van der Waals surface area contributed by atoms with Gasteiger partial charge in [-0.3, -0.25) is 10.0 Å². The van der Waals surface area contributed by atoms with Crippen LogP contribution in [0.1, 0.15) is 17.5 Å². The summed E-state index contributed by atoms with van der Waals surface area (Å²) in [6.45, 7) is 0. The normalized spacial score (nSPS) is 17.2. The summed E-state index contributed by atoms with van der Waals surface area (Å²) >= 11 is 0. The number of nitrogens with zero attached hydrogens (tertiary/aromatic N) is 1. The van der Waals surface area contributed by atoms with Crippen molar-refractivity contribution in [3.8, 4) is 34.5 Å². The highest BCUT2D eigenvalue weighted by molar-refractivity contribution is 5.79. The number of rotatable bonds is 6. The molecule has 0 aromatic heterocycles. The van der Waals surface area contributed by atoms with E-state index in [1.807, 2.05) is 0 Å². The Morgan fingerprint density at radius 2 is 1.61 bits per heavy atom. The van der Waals surface area contributed by atoms with E-state index in [2.05, 4.69) is 0 Å². The van der Waals surface area contributed by atoms with E-state index in [0.717, 1.165) is 19.2 Å². The lowest BCUT2D eigenvalue weighted by Gasteiger charge is -2.33. The Morgan fingerprint density at radius 3 is 2.13 bits per heavy atom. The smallest absolute Gasteiger partial charge is 0.249 e. The second-order valence-electron chi connectivity index (χ2n) is 6.88. The largest absolute Gasteiger partial charge is 0.504 e. The molecule has 2 aromatic rings. The molecule has 1 aliphatic rings. The number of phenols is 2. The fourth-order valence-corrected chi connectivity index (χ4v) is 3.28. The van der Waals surface area contributed by atoms with Gasteiger partial charge in [-0.1, -0.05) is 0 Å². The molecule has 31 heavy (non-hydrogen) atoms. The average molecular weight is 433 g/mol. The standard InChI is InChI=1S/C21H23NO9/c1-22(27)19(25)10-21(26)9-18(31-15-8-14(24)13(23)7-12(15)21)11-5-16(28-2)20(30-4)17(6-11)29-3/h5-9,23-24,26-27H,10H2,1-4H3. The Bertz CT molecular complexity index is 1020. The number of hydroxylamine groups is 2. The molecule has 4 N–H and O–H groups in total. The lowest BCUT2D eigenvalue weighted by atomic mass is 9.85. The minimum Gasteiger partial charge on any atom is -0.504 e. The second-order valence-corrected chi connectivity index (χ2v) is 6.88. The Balaban J connectivity index is 2.20. The van der Waals surface area contributed by atoms with Crippen LogP contribution in [0, 0.1) is 0 Å². The van der Waals surface area contributed by atoms with Gasteiger partial charge in [0.2, 0.25) is 11.7 Å². The number of carbonyl (C=O) groups excluding carboxylic acids is 1. The fraction of sp³-hybridized carbons (Fsp3) is 0.286. The van der Waals surface area contributed by atoms with Gasteiger partial charge in [-0.05, 0) is 24.3 Å². The molecule has 166 valence electrons. The Labute approximate surface area is 178 Å². The summed E-state index contributed by atoms with van der Waals surface area (Å²) in [5, 5.41) is 41.0. The van der Waals surface area contributed by atoms with E-state index in [0.29, 0.717) is 27.9 Å². The van der Waals surface area contributed by atoms with E-state index >= 15 is 0 Å². The van der Waals surface area contributed by atoms with Crippen molar-refractivity contribution < 1.29 is 44.3 Å². The molecule has 1 atom stereocenters. The molecule has 0 saturated heterocycles. The number of ether oxygens (including phenoxy) is 4. The molecule has 0 bridgehead atoms. The van der Waals surface area contributed by atoms with E-state index in [9.17, 15) is 25.3 Å². The number of aromatic hydroxyl groups is 2. The van der Waals surface area contributed by atoms with Gasteiger partial charge in [-0.15, -0.1) is 0 Å². The van der Waals surface area contributed by atoms with Crippen LogP contribution < -0.4 is 18.9 Å². The molecule has 1 heterocycles. The Hall–Kier alpha value is -3.63. The summed E-state index contributed by atoms with van der Waals surface area (Å²) in [5.74, 6) is -0.632. The van der Waals surface area contributed by atoms with E-state index in [1.165, 1.54) is 27.4 Å². The molecule has 0 radical (unpaired) electrons. The first-order chi connectivity index (χ1) is 14.6. The molecule has 1 amide bonds. The lowest BCUT2D eigenvalue weighted by molar-refractivity contribution is -0.163. The molecular formula is C21H23NO9. The number of phenolic OH excluding ortho intramolecular Hbond substituents is 2. The first-order valence-electron chi connectivity index (χ1n) is 9.08.